The Morgan fingerprint density at radius 2 is 1.68 bits per heavy atom. The number of imidazole rings is 2. The predicted molar refractivity (Wildman–Crippen MR) is 206 cm³/mol. The van der Waals surface area contributed by atoms with Crippen LogP contribution in [-0.4, -0.2) is 63.1 Å². The molecule has 13 heteroatoms. The molecule has 0 bridgehead atoms. The Balaban J connectivity index is 0.00000225. The highest BCUT2D eigenvalue weighted by molar-refractivity contribution is 5.87. The number of nitrogens with zero attached hydrogens (tertiary/aromatic N) is 3. The molecule has 0 radical (unpaired) electrons. The minimum Gasteiger partial charge on any atom is -0.453 e. The van der Waals surface area contributed by atoms with Gasteiger partial charge in [0.05, 0.1) is 43.0 Å². The van der Waals surface area contributed by atoms with E-state index in [0.717, 1.165) is 71.1 Å². The van der Waals surface area contributed by atoms with Gasteiger partial charge in [-0.2, -0.15) is 0 Å². The number of allylic oxidation sites excluding steroid dienone is 2. The van der Waals surface area contributed by atoms with Crippen LogP contribution < -0.4 is 10.6 Å². The standard InChI is InChI=1S/C37H43N7O3.3ClH/c1-24(2)33(43-37(46)47-3)36(45)44-20-10-16-32(44)35-39-22-28(41-35)14-8-7-13-26-17-18-27(21-29(26)25-11-5-4-6-12-25)31-23-40-34(42-31)30-15-9-19-38-30;;;/h4-8,11-14,17-18,21-24,30,32-33,38H,9-10,15-16,19-20H2,1-3H3,(H,39,41)(H,40,42)(H,43,46);3*1H/t30-,32-,33-;;;/m0.../s1. The van der Waals surface area contributed by atoms with Crippen molar-refractivity contribution in [2.45, 2.75) is 57.7 Å². The molecule has 4 N–H and O–H groups in total. The van der Waals surface area contributed by atoms with Gasteiger partial charge in [0.25, 0.3) is 0 Å². The van der Waals surface area contributed by atoms with Gasteiger partial charge in [0.1, 0.15) is 17.7 Å². The Kier molecular flexibility index (Phi) is 15.1. The van der Waals surface area contributed by atoms with Gasteiger partial charge in [0.15, 0.2) is 0 Å². The number of halogens is 3. The van der Waals surface area contributed by atoms with E-state index < -0.39 is 12.1 Å². The number of ether oxygens (including phenoxy) is 1. The van der Waals surface area contributed by atoms with Gasteiger partial charge in [-0.25, -0.2) is 14.8 Å². The molecule has 2 amide bonds. The average Bonchev–Trinajstić information content (AvgIpc) is 3.92. The first-order valence-electron chi connectivity index (χ1n) is 16.4. The van der Waals surface area contributed by atoms with Crippen LogP contribution in [0, 0.1) is 5.92 Å². The van der Waals surface area contributed by atoms with Crippen molar-refractivity contribution in [1.29, 1.82) is 0 Å². The molecule has 0 saturated carbocycles. The topological polar surface area (TPSA) is 128 Å². The molecular weight excluding hydrogens is 697 g/mol. The molecule has 2 aromatic heterocycles. The van der Waals surface area contributed by atoms with Gasteiger partial charge < -0.3 is 30.2 Å². The van der Waals surface area contributed by atoms with Crippen LogP contribution in [0.5, 0.6) is 0 Å². The van der Waals surface area contributed by atoms with Crippen molar-refractivity contribution in [1.82, 2.24) is 35.5 Å². The summed E-state index contributed by atoms with van der Waals surface area (Å²) in [6.07, 6.45) is 15.2. The van der Waals surface area contributed by atoms with Crippen molar-refractivity contribution in [3.63, 3.8) is 0 Å². The van der Waals surface area contributed by atoms with Crippen molar-refractivity contribution < 1.29 is 14.3 Å². The third-order valence-electron chi connectivity index (χ3n) is 8.96. The third kappa shape index (κ3) is 9.37. The molecule has 3 atom stereocenters. The molecule has 2 fully saturated rings. The van der Waals surface area contributed by atoms with Crippen molar-refractivity contribution in [2.24, 2.45) is 5.92 Å². The summed E-state index contributed by atoms with van der Waals surface area (Å²) < 4.78 is 4.74. The molecule has 2 saturated heterocycles. The molecule has 2 aromatic carbocycles. The quantitative estimate of drug-likeness (QED) is 0.122. The van der Waals surface area contributed by atoms with Gasteiger partial charge in [-0.1, -0.05) is 74.5 Å². The Morgan fingerprint density at radius 1 is 0.920 bits per heavy atom. The zero-order valence-corrected chi connectivity index (χ0v) is 30.9. The molecule has 268 valence electrons. The van der Waals surface area contributed by atoms with E-state index in [1.165, 1.54) is 13.5 Å². The van der Waals surface area contributed by atoms with Crippen molar-refractivity contribution >= 4 is 61.4 Å². The van der Waals surface area contributed by atoms with Crippen LogP contribution in [0.15, 0.2) is 73.1 Å². The number of alkyl carbamates (subject to hydrolysis) is 1. The highest BCUT2D eigenvalue weighted by Crippen LogP contribution is 2.33. The SMILES string of the molecule is COC(=O)N[C@H](C(=O)N1CCC[C@H]1c1ncc(C=CC=Cc2ccc(-c3cnc([C@@H]4CCCN4)[nH]3)cc2-c2ccccc2)[nH]1)C(C)C.Cl.Cl.Cl. The van der Waals surface area contributed by atoms with Crippen LogP contribution in [0.4, 0.5) is 4.79 Å². The van der Waals surface area contributed by atoms with Crippen LogP contribution in [-0.2, 0) is 9.53 Å². The lowest BCUT2D eigenvalue weighted by atomic mass is 9.96. The lowest BCUT2D eigenvalue weighted by Gasteiger charge is -2.29. The molecule has 0 spiro atoms. The minimum absolute atomic E-state index is 0. The Bertz CT molecular complexity index is 1750. The largest absolute Gasteiger partial charge is 0.453 e. The van der Waals surface area contributed by atoms with E-state index in [2.05, 4.69) is 79.1 Å². The van der Waals surface area contributed by atoms with Gasteiger partial charge >= 0.3 is 6.09 Å². The molecule has 10 nitrogen and oxygen atoms in total. The maximum atomic E-state index is 13.4. The third-order valence-corrected chi connectivity index (χ3v) is 8.96. The normalized spacial score (nSPS) is 17.7. The number of nitrogens with one attached hydrogen (secondary N) is 4. The Hall–Kier alpha value is -4.09. The minimum atomic E-state index is -0.663. The molecule has 2 aliphatic rings. The smallest absolute Gasteiger partial charge is 0.407 e. The molecular formula is C37H46Cl3N7O3. The zero-order chi connectivity index (χ0) is 32.8. The van der Waals surface area contributed by atoms with Crippen LogP contribution in [0.1, 0.15) is 74.5 Å². The highest BCUT2D eigenvalue weighted by Gasteiger charge is 2.37. The molecule has 2 aliphatic heterocycles. The number of aromatic amines is 2. The Labute approximate surface area is 312 Å². The number of carbonyl (C=O) groups excluding carboxylic acids is 2. The lowest BCUT2D eigenvalue weighted by Crippen LogP contribution is -2.51. The first kappa shape index (κ1) is 40.3. The molecule has 0 aliphatic carbocycles. The van der Waals surface area contributed by atoms with Crippen molar-refractivity contribution in [3.05, 3.63) is 96.0 Å². The summed E-state index contributed by atoms with van der Waals surface area (Å²) in [7, 11) is 1.30. The van der Waals surface area contributed by atoms with Gasteiger partial charge in [0, 0.05) is 12.1 Å². The van der Waals surface area contributed by atoms with Crippen LogP contribution >= 0.6 is 37.2 Å². The summed E-state index contributed by atoms with van der Waals surface area (Å²) in [6, 6.07) is 16.4. The molecule has 4 heterocycles. The first-order valence-corrected chi connectivity index (χ1v) is 16.4. The molecule has 50 heavy (non-hydrogen) atoms. The van der Waals surface area contributed by atoms with Gasteiger partial charge in [0.2, 0.25) is 5.91 Å². The van der Waals surface area contributed by atoms with Crippen LogP contribution in [0.2, 0.25) is 0 Å². The van der Waals surface area contributed by atoms with E-state index in [9.17, 15) is 9.59 Å². The molecule has 6 rings (SSSR count). The summed E-state index contributed by atoms with van der Waals surface area (Å²) >= 11 is 0. The van der Waals surface area contributed by atoms with Gasteiger partial charge in [-0.15, -0.1) is 37.2 Å². The van der Waals surface area contributed by atoms with E-state index >= 15 is 0 Å². The van der Waals surface area contributed by atoms with Crippen LogP contribution in [0.3, 0.4) is 0 Å². The highest BCUT2D eigenvalue weighted by atomic mass is 35.5. The monoisotopic (exact) mass is 741 g/mol. The fourth-order valence-corrected chi connectivity index (χ4v) is 6.43. The van der Waals surface area contributed by atoms with E-state index in [1.807, 2.05) is 49.2 Å². The number of likely N-dealkylation sites (tertiary alicyclic amines) is 1. The number of rotatable bonds is 10. The van der Waals surface area contributed by atoms with E-state index in [1.54, 1.807) is 6.20 Å². The Morgan fingerprint density at radius 3 is 2.40 bits per heavy atom. The number of H-pyrrole nitrogens is 2. The first-order chi connectivity index (χ1) is 22.9. The predicted octanol–water partition coefficient (Wildman–Crippen LogP) is 7.93. The second-order valence-electron chi connectivity index (χ2n) is 12.5. The van der Waals surface area contributed by atoms with E-state index in [0.29, 0.717) is 12.6 Å². The fraction of sp³-hybridized carbons (Fsp3) is 0.351. The zero-order valence-electron chi connectivity index (χ0n) is 28.4. The number of aromatic nitrogens is 4. The number of benzene rings is 2. The van der Waals surface area contributed by atoms with Gasteiger partial charge in [-0.3, -0.25) is 4.79 Å². The summed E-state index contributed by atoms with van der Waals surface area (Å²) in [5, 5.41) is 6.21. The number of carbonyl (C=O) groups is 2. The summed E-state index contributed by atoms with van der Waals surface area (Å²) in [5.41, 5.74) is 6.34. The fourth-order valence-electron chi connectivity index (χ4n) is 6.43. The maximum Gasteiger partial charge on any atom is 0.407 e. The lowest BCUT2D eigenvalue weighted by molar-refractivity contribution is -0.135. The average molecular weight is 743 g/mol. The van der Waals surface area contributed by atoms with Crippen molar-refractivity contribution in [2.75, 3.05) is 20.2 Å². The second-order valence-corrected chi connectivity index (χ2v) is 12.5. The van der Waals surface area contributed by atoms with Crippen molar-refractivity contribution in [3.8, 4) is 22.4 Å². The number of hydrogen-bond donors (Lipinski definition) is 4. The summed E-state index contributed by atoms with van der Waals surface area (Å²) in [6.45, 7) is 5.47. The molecule has 0 unspecified atom stereocenters. The summed E-state index contributed by atoms with van der Waals surface area (Å²) in [4.78, 5) is 43.4. The number of amides is 2. The van der Waals surface area contributed by atoms with E-state index in [4.69, 9.17) is 4.74 Å². The summed E-state index contributed by atoms with van der Waals surface area (Å²) in [5.74, 6) is 1.54. The molecule has 4 aromatic rings. The maximum absolute atomic E-state index is 13.4. The second kappa shape index (κ2) is 18.8. The number of methoxy groups -OCH3 is 1. The number of hydrogen-bond acceptors (Lipinski definition) is 6. The van der Waals surface area contributed by atoms with Crippen LogP contribution in [0.25, 0.3) is 34.5 Å². The van der Waals surface area contributed by atoms with Gasteiger partial charge in [-0.05, 0) is 67.0 Å². The van der Waals surface area contributed by atoms with E-state index in [-0.39, 0.29) is 55.1 Å².